The fourth-order valence-electron chi connectivity index (χ4n) is 2.82. The minimum absolute atomic E-state index is 0.333. The largest absolute Gasteiger partial charge is 0.416 e. The first-order valence-corrected chi connectivity index (χ1v) is 9.98. The zero-order valence-corrected chi connectivity index (χ0v) is 16.8. The number of hydrogen-bond donors (Lipinski definition) is 0. The first-order chi connectivity index (χ1) is 15.0. The SMILES string of the molecule is C=CCn1c(SCc2nnnn2-c2ccc(C(F)(F)F)cc2)nnc1-c1ccncc1. The number of nitrogens with zero attached hydrogens (tertiary/aromatic N) is 8. The van der Waals surface area contributed by atoms with Crippen molar-refractivity contribution in [2.24, 2.45) is 0 Å². The Kier molecular flexibility index (Phi) is 5.80. The van der Waals surface area contributed by atoms with E-state index in [-0.39, 0.29) is 0 Å². The van der Waals surface area contributed by atoms with Crippen molar-refractivity contribution in [2.45, 2.75) is 23.6 Å². The molecule has 4 aromatic rings. The zero-order chi connectivity index (χ0) is 21.8. The first-order valence-electron chi connectivity index (χ1n) is 8.99. The second-order valence-corrected chi connectivity index (χ2v) is 7.22. The van der Waals surface area contributed by atoms with E-state index >= 15 is 0 Å². The van der Waals surface area contributed by atoms with Crippen LogP contribution >= 0.6 is 11.8 Å². The monoisotopic (exact) mass is 444 g/mol. The van der Waals surface area contributed by atoms with Gasteiger partial charge in [-0.3, -0.25) is 9.55 Å². The Bertz CT molecular complexity index is 1170. The molecular weight excluding hydrogens is 429 g/mol. The summed E-state index contributed by atoms with van der Waals surface area (Å²) >= 11 is 1.36. The van der Waals surface area contributed by atoms with Gasteiger partial charge in [-0.15, -0.1) is 21.9 Å². The maximum absolute atomic E-state index is 12.8. The number of aromatic nitrogens is 8. The number of halogens is 3. The van der Waals surface area contributed by atoms with E-state index in [1.807, 2.05) is 16.7 Å². The minimum Gasteiger partial charge on any atom is -0.298 e. The third-order valence-electron chi connectivity index (χ3n) is 4.27. The Morgan fingerprint density at radius 3 is 2.42 bits per heavy atom. The van der Waals surface area contributed by atoms with E-state index in [9.17, 15) is 13.2 Å². The minimum atomic E-state index is -4.40. The summed E-state index contributed by atoms with van der Waals surface area (Å²) in [5.41, 5.74) is 0.561. The summed E-state index contributed by atoms with van der Waals surface area (Å²) in [6.45, 7) is 4.28. The number of thioether (sulfide) groups is 1. The highest BCUT2D eigenvalue weighted by Crippen LogP contribution is 2.30. The second kappa shape index (κ2) is 8.68. The maximum Gasteiger partial charge on any atom is 0.416 e. The lowest BCUT2D eigenvalue weighted by Gasteiger charge is -2.09. The number of allylic oxidation sites excluding steroid dienone is 1. The number of pyridine rings is 1. The quantitative estimate of drug-likeness (QED) is 0.316. The molecule has 0 spiro atoms. The predicted octanol–water partition coefficient (Wildman–Crippen LogP) is 3.81. The number of hydrogen-bond acceptors (Lipinski definition) is 7. The summed E-state index contributed by atoms with van der Waals surface area (Å²) in [6, 6.07) is 8.32. The van der Waals surface area contributed by atoms with Crippen LogP contribution in [-0.2, 0) is 18.5 Å². The summed E-state index contributed by atoms with van der Waals surface area (Å²) in [6.07, 6.45) is 0.685. The van der Waals surface area contributed by atoms with Gasteiger partial charge in [-0.25, -0.2) is 0 Å². The van der Waals surface area contributed by atoms with Crippen LogP contribution < -0.4 is 0 Å². The molecule has 0 saturated carbocycles. The highest BCUT2D eigenvalue weighted by Gasteiger charge is 2.30. The summed E-state index contributed by atoms with van der Waals surface area (Å²) < 4.78 is 41.7. The lowest BCUT2D eigenvalue weighted by atomic mass is 10.2. The van der Waals surface area contributed by atoms with E-state index in [0.717, 1.165) is 17.7 Å². The molecule has 8 nitrogen and oxygen atoms in total. The van der Waals surface area contributed by atoms with Crippen molar-refractivity contribution >= 4 is 11.8 Å². The number of benzene rings is 1. The van der Waals surface area contributed by atoms with Gasteiger partial charge in [0.2, 0.25) is 0 Å². The molecule has 3 aromatic heterocycles. The van der Waals surface area contributed by atoms with Crippen LogP contribution in [0.15, 0.2) is 66.6 Å². The zero-order valence-electron chi connectivity index (χ0n) is 15.9. The Labute approximate surface area is 178 Å². The molecule has 0 atom stereocenters. The Morgan fingerprint density at radius 2 is 1.74 bits per heavy atom. The van der Waals surface area contributed by atoms with Gasteiger partial charge in [0.05, 0.1) is 17.0 Å². The third-order valence-corrected chi connectivity index (χ3v) is 5.23. The molecular formula is C19H15F3N8S. The molecule has 1 aromatic carbocycles. The van der Waals surface area contributed by atoms with Crippen LogP contribution in [0.4, 0.5) is 13.2 Å². The summed E-state index contributed by atoms with van der Waals surface area (Å²) in [5.74, 6) is 1.47. The number of tetrazole rings is 1. The number of rotatable bonds is 7. The van der Waals surface area contributed by atoms with E-state index in [1.54, 1.807) is 18.5 Å². The van der Waals surface area contributed by atoms with Gasteiger partial charge in [-0.05, 0) is 46.8 Å². The average Bonchev–Trinajstić information content (AvgIpc) is 3.40. The standard InChI is InChI=1S/C19H15F3N8S/c1-2-11-29-17(13-7-9-23-10-8-13)25-26-18(29)31-12-16-24-27-28-30(16)15-5-3-14(4-6-15)19(20,21)22/h2-10H,1,11-12H2. The Morgan fingerprint density at radius 1 is 1.00 bits per heavy atom. The topological polar surface area (TPSA) is 87.2 Å². The van der Waals surface area contributed by atoms with Crippen LogP contribution in [0.3, 0.4) is 0 Å². The van der Waals surface area contributed by atoms with Gasteiger partial charge >= 0.3 is 6.18 Å². The van der Waals surface area contributed by atoms with E-state index < -0.39 is 11.7 Å². The van der Waals surface area contributed by atoms with Crippen molar-refractivity contribution in [2.75, 3.05) is 0 Å². The van der Waals surface area contributed by atoms with E-state index in [2.05, 4.69) is 37.3 Å². The number of alkyl halides is 3. The van der Waals surface area contributed by atoms with Crippen LogP contribution in [0, 0.1) is 0 Å². The van der Waals surface area contributed by atoms with Gasteiger partial charge in [0, 0.05) is 24.5 Å². The molecule has 0 radical (unpaired) electrons. The van der Waals surface area contributed by atoms with Crippen LogP contribution in [0.2, 0.25) is 0 Å². The molecule has 0 aliphatic rings. The molecule has 0 fully saturated rings. The molecule has 0 bridgehead atoms. The van der Waals surface area contributed by atoms with Crippen molar-refractivity contribution in [1.82, 2.24) is 40.0 Å². The third kappa shape index (κ3) is 4.48. The van der Waals surface area contributed by atoms with Crippen LogP contribution in [0.1, 0.15) is 11.4 Å². The molecule has 0 aliphatic carbocycles. The molecule has 3 heterocycles. The van der Waals surface area contributed by atoms with Crippen molar-refractivity contribution in [3.63, 3.8) is 0 Å². The fourth-order valence-corrected chi connectivity index (χ4v) is 3.67. The van der Waals surface area contributed by atoms with E-state index in [1.165, 1.54) is 28.6 Å². The van der Waals surface area contributed by atoms with Crippen molar-refractivity contribution in [3.05, 3.63) is 72.8 Å². The molecule has 0 N–H and O–H groups in total. The molecule has 31 heavy (non-hydrogen) atoms. The smallest absolute Gasteiger partial charge is 0.298 e. The first kappa shape index (κ1) is 20.7. The van der Waals surface area contributed by atoms with Gasteiger partial charge < -0.3 is 0 Å². The second-order valence-electron chi connectivity index (χ2n) is 6.28. The average molecular weight is 444 g/mol. The Hall–Kier alpha value is -3.54. The molecule has 0 saturated heterocycles. The van der Waals surface area contributed by atoms with Gasteiger partial charge in [0.25, 0.3) is 0 Å². The Balaban J connectivity index is 1.56. The van der Waals surface area contributed by atoms with E-state index in [4.69, 9.17) is 0 Å². The molecule has 0 aliphatic heterocycles. The van der Waals surface area contributed by atoms with Gasteiger partial charge in [-0.1, -0.05) is 17.8 Å². The molecule has 0 amide bonds. The normalized spacial score (nSPS) is 11.6. The fraction of sp³-hybridized carbons (Fsp3) is 0.158. The van der Waals surface area contributed by atoms with E-state index in [0.29, 0.717) is 34.8 Å². The predicted molar refractivity (Wildman–Crippen MR) is 107 cm³/mol. The van der Waals surface area contributed by atoms with Crippen molar-refractivity contribution in [3.8, 4) is 17.1 Å². The molecule has 0 unspecified atom stereocenters. The molecule has 12 heteroatoms. The van der Waals surface area contributed by atoms with Gasteiger partial charge in [-0.2, -0.15) is 17.9 Å². The summed E-state index contributed by atoms with van der Waals surface area (Å²) in [7, 11) is 0. The van der Waals surface area contributed by atoms with Gasteiger partial charge in [0.1, 0.15) is 0 Å². The maximum atomic E-state index is 12.8. The molecule has 158 valence electrons. The van der Waals surface area contributed by atoms with Crippen LogP contribution in [-0.4, -0.2) is 40.0 Å². The van der Waals surface area contributed by atoms with Crippen LogP contribution in [0.5, 0.6) is 0 Å². The lowest BCUT2D eigenvalue weighted by Crippen LogP contribution is -2.07. The van der Waals surface area contributed by atoms with Gasteiger partial charge in [0.15, 0.2) is 16.8 Å². The van der Waals surface area contributed by atoms with Crippen LogP contribution in [0.25, 0.3) is 17.1 Å². The lowest BCUT2D eigenvalue weighted by molar-refractivity contribution is -0.137. The summed E-state index contributed by atoms with van der Waals surface area (Å²) in [4.78, 5) is 4.01. The highest BCUT2D eigenvalue weighted by atomic mass is 32.2. The summed E-state index contributed by atoms with van der Waals surface area (Å²) in [5, 5.41) is 20.7. The molecule has 4 rings (SSSR count). The van der Waals surface area contributed by atoms with Crippen molar-refractivity contribution in [1.29, 1.82) is 0 Å². The highest BCUT2D eigenvalue weighted by molar-refractivity contribution is 7.98. The van der Waals surface area contributed by atoms with Crippen molar-refractivity contribution < 1.29 is 13.2 Å².